The van der Waals surface area contributed by atoms with Gasteiger partial charge in [0.15, 0.2) is 0 Å². The van der Waals surface area contributed by atoms with Gasteiger partial charge in [0, 0.05) is 4.90 Å². The van der Waals surface area contributed by atoms with Gasteiger partial charge in [0.25, 0.3) is 0 Å². The highest BCUT2D eigenvalue weighted by Gasteiger charge is 2.05. The van der Waals surface area contributed by atoms with Gasteiger partial charge in [-0.3, -0.25) is 9.98 Å². The second-order valence-corrected chi connectivity index (χ2v) is 7.13. The molecular weight excluding hydrogens is 398 g/mol. The number of H-pyrrole nitrogens is 1. The third-order valence-corrected chi connectivity index (χ3v) is 4.77. The molecule has 0 atom stereocenters. The Labute approximate surface area is 179 Å². The predicted octanol–water partition coefficient (Wildman–Crippen LogP) is 6.60. The molecular formula is C22H17N5S2. The Hall–Kier alpha value is -3.30. The van der Waals surface area contributed by atoms with Crippen molar-refractivity contribution >= 4 is 57.6 Å². The zero-order chi connectivity index (χ0) is 20.6. The minimum absolute atomic E-state index is 0.754. The van der Waals surface area contributed by atoms with E-state index in [0.717, 1.165) is 56.5 Å². The number of aromatic nitrogens is 1. The van der Waals surface area contributed by atoms with E-state index in [1.165, 1.54) is 0 Å². The van der Waals surface area contributed by atoms with E-state index in [1.54, 1.807) is 0 Å². The van der Waals surface area contributed by atoms with Crippen LogP contribution in [0.4, 0.5) is 17.1 Å². The lowest BCUT2D eigenvalue weighted by Gasteiger charge is -2.01. The van der Waals surface area contributed by atoms with E-state index in [4.69, 9.17) is 5.26 Å². The molecule has 3 rings (SSSR count). The van der Waals surface area contributed by atoms with Gasteiger partial charge in [-0.25, -0.2) is 0 Å². The summed E-state index contributed by atoms with van der Waals surface area (Å²) in [5.74, 6) is 0. The highest BCUT2D eigenvalue weighted by Crippen LogP contribution is 2.22. The fraction of sp³-hybridized carbons (Fsp3) is 0.0909. The summed E-state index contributed by atoms with van der Waals surface area (Å²) in [5.41, 5.74) is 6.02. The lowest BCUT2D eigenvalue weighted by atomic mass is 10.2. The van der Waals surface area contributed by atoms with Crippen LogP contribution in [-0.4, -0.2) is 21.6 Å². The van der Waals surface area contributed by atoms with Gasteiger partial charge in [-0.05, 0) is 98.5 Å². The molecule has 1 heterocycles. The van der Waals surface area contributed by atoms with Crippen LogP contribution in [0.15, 0.2) is 80.5 Å². The van der Waals surface area contributed by atoms with Crippen molar-refractivity contribution in [3.8, 4) is 5.40 Å². The van der Waals surface area contributed by atoms with Crippen LogP contribution in [0.25, 0.3) is 0 Å². The Morgan fingerprint density at radius 3 is 1.79 bits per heavy atom. The van der Waals surface area contributed by atoms with Gasteiger partial charge in [0.1, 0.15) is 5.40 Å². The van der Waals surface area contributed by atoms with Crippen LogP contribution in [-0.2, 0) is 0 Å². The first-order valence-corrected chi connectivity index (χ1v) is 9.96. The number of rotatable bonds is 6. The molecule has 142 valence electrons. The number of thiocarbonyl (C=S) groups is 1. The van der Waals surface area contributed by atoms with Crippen LogP contribution in [0, 0.1) is 10.7 Å². The van der Waals surface area contributed by atoms with Crippen molar-refractivity contribution in [3.05, 3.63) is 72.1 Å². The van der Waals surface area contributed by atoms with Crippen molar-refractivity contribution in [2.45, 2.75) is 18.7 Å². The zero-order valence-corrected chi connectivity index (χ0v) is 17.5. The topological polar surface area (TPSA) is 76.7 Å². The Morgan fingerprint density at radius 2 is 1.31 bits per heavy atom. The van der Waals surface area contributed by atoms with E-state index in [-0.39, 0.29) is 0 Å². The van der Waals surface area contributed by atoms with Gasteiger partial charge in [0.05, 0.1) is 45.0 Å². The zero-order valence-electron chi connectivity index (χ0n) is 15.9. The Bertz CT molecular complexity index is 1140. The average molecular weight is 416 g/mol. The molecule has 0 fully saturated rings. The van der Waals surface area contributed by atoms with E-state index >= 15 is 0 Å². The first kappa shape index (κ1) is 20.4. The van der Waals surface area contributed by atoms with Crippen LogP contribution < -0.4 is 0 Å². The Balaban J connectivity index is 1.76. The smallest absolute Gasteiger partial charge is 0.138 e. The number of isothiocyanates is 1. The van der Waals surface area contributed by atoms with Crippen molar-refractivity contribution in [3.63, 3.8) is 0 Å². The Morgan fingerprint density at radius 1 is 0.828 bits per heavy atom. The fourth-order valence-corrected chi connectivity index (χ4v) is 3.10. The number of thioether (sulfide) groups is 1. The second-order valence-electron chi connectivity index (χ2n) is 6.09. The number of benzene rings is 2. The standard InChI is InChI=1S/C22H17N5S2/c1-15(25-18-5-3-17(4-6-18)24-14-28)21-11-12-22(27-21)16(2)26-19-7-9-20(10-8-19)29-13-23/h3-12,27H,1-2H3. The van der Waals surface area contributed by atoms with Crippen LogP contribution in [0.3, 0.4) is 0 Å². The molecule has 3 aromatic rings. The van der Waals surface area contributed by atoms with Gasteiger partial charge in [-0.2, -0.15) is 10.3 Å². The monoisotopic (exact) mass is 415 g/mol. The minimum Gasteiger partial charge on any atom is -0.353 e. The van der Waals surface area contributed by atoms with Crippen molar-refractivity contribution < 1.29 is 0 Å². The number of hydrogen-bond acceptors (Lipinski definition) is 6. The summed E-state index contributed by atoms with van der Waals surface area (Å²) in [6.07, 6.45) is 0. The largest absolute Gasteiger partial charge is 0.353 e. The highest BCUT2D eigenvalue weighted by molar-refractivity contribution is 8.03. The fourth-order valence-electron chi connectivity index (χ4n) is 2.62. The quantitative estimate of drug-likeness (QED) is 0.213. The summed E-state index contributed by atoms with van der Waals surface area (Å²) in [5, 5.41) is 13.1. The lowest BCUT2D eigenvalue weighted by molar-refractivity contribution is 1.30. The molecule has 0 saturated heterocycles. The molecule has 1 N–H and O–H groups in total. The molecule has 0 aliphatic heterocycles. The molecule has 0 radical (unpaired) electrons. The number of aliphatic imine (C=N–C) groups is 3. The van der Waals surface area contributed by atoms with Gasteiger partial charge in [0.2, 0.25) is 0 Å². The molecule has 0 aliphatic rings. The molecule has 0 aliphatic carbocycles. The Kier molecular flexibility index (Phi) is 6.88. The highest BCUT2D eigenvalue weighted by atomic mass is 32.2. The first-order valence-electron chi connectivity index (χ1n) is 8.73. The molecule has 0 saturated carbocycles. The third-order valence-electron chi connectivity index (χ3n) is 4.08. The minimum atomic E-state index is 0.754. The van der Waals surface area contributed by atoms with Crippen molar-refractivity contribution in [1.29, 1.82) is 5.26 Å². The molecule has 1 aromatic heterocycles. The molecule has 0 unspecified atom stereocenters. The van der Waals surface area contributed by atoms with Gasteiger partial charge < -0.3 is 4.98 Å². The van der Waals surface area contributed by atoms with Crippen molar-refractivity contribution in [2.24, 2.45) is 15.0 Å². The maximum Gasteiger partial charge on any atom is 0.138 e. The SMILES string of the molecule is CC(=Nc1ccc(N=C=S)cc1)c1ccc(C(C)=Nc2ccc(SC#N)cc2)[nH]1. The maximum absolute atomic E-state index is 8.72. The summed E-state index contributed by atoms with van der Waals surface area (Å²) in [7, 11) is 0. The lowest BCUT2D eigenvalue weighted by Crippen LogP contribution is -1.98. The van der Waals surface area contributed by atoms with Crippen molar-refractivity contribution in [2.75, 3.05) is 0 Å². The van der Waals surface area contributed by atoms with Crippen molar-refractivity contribution in [1.82, 2.24) is 4.98 Å². The van der Waals surface area contributed by atoms with Gasteiger partial charge in [-0.1, -0.05) is 0 Å². The number of nitrogens with zero attached hydrogens (tertiary/aromatic N) is 4. The molecule has 0 bridgehead atoms. The molecule has 29 heavy (non-hydrogen) atoms. The van der Waals surface area contributed by atoms with Crippen LogP contribution in [0.2, 0.25) is 0 Å². The predicted molar refractivity (Wildman–Crippen MR) is 124 cm³/mol. The molecule has 5 nitrogen and oxygen atoms in total. The summed E-state index contributed by atoms with van der Waals surface area (Å²) in [4.78, 5) is 17.5. The summed E-state index contributed by atoms with van der Waals surface area (Å²) in [6.45, 7) is 3.91. The average Bonchev–Trinajstić information content (AvgIpc) is 3.22. The molecule has 2 aromatic carbocycles. The molecule has 0 spiro atoms. The number of hydrogen-bond donors (Lipinski definition) is 1. The van der Waals surface area contributed by atoms with E-state index in [9.17, 15) is 0 Å². The second kappa shape index (κ2) is 9.76. The number of nitrogens with one attached hydrogen (secondary N) is 1. The van der Waals surface area contributed by atoms with E-state index in [0.29, 0.717) is 0 Å². The summed E-state index contributed by atoms with van der Waals surface area (Å²) < 4.78 is 0. The molecule has 0 amide bonds. The first-order chi connectivity index (χ1) is 14.1. The van der Waals surface area contributed by atoms with E-state index < -0.39 is 0 Å². The van der Waals surface area contributed by atoms with Crippen LogP contribution in [0.5, 0.6) is 0 Å². The maximum atomic E-state index is 8.72. The summed E-state index contributed by atoms with van der Waals surface area (Å²) in [6, 6.07) is 19.0. The van der Waals surface area contributed by atoms with E-state index in [1.807, 2.05) is 74.5 Å². The van der Waals surface area contributed by atoms with E-state index in [2.05, 4.69) is 42.7 Å². The third kappa shape index (κ3) is 5.59. The van der Waals surface area contributed by atoms with Gasteiger partial charge in [-0.15, -0.1) is 0 Å². The van der Waals surface area contributed by atoms with Gasteiger partial charge >= 0.3 is 0 Å². The number of aromatic amines is 1. The van der Waals surface area contributed by atoms with Crippen LogP contribution >= 0.6 is 24.0 Å². The number of thiocyanates is 1. The normalized spacial score (nSPS) is 11.6. The summed E-state index contributed by atoms with van der Waals surface area (Å²) >= 11 is 5.75. The molecule has 7 heteroatoms. The number of nitriles is 1. The van der Waals surface area contributed by atoms with Crippen LogP contribution in [0.1, 0.15) is 25.2 Å².